The van der Waals surface area contributed by atoms with Gasteiger partial charge < -0.3 is 5.32 Å². The molecule has 2 aromatic carbocycles. The van der Waals surface area contributed by atoms with Gasteiger partial charge in [0.15, 0.2) is 0 Å². The Labute approximate surface area is 126 Å². The number of aliphatic imine (C=N–C) groups is 1. The lowest BCUT2D eigenvalue weighted by Gasteiger charge is -2.13. The van der Waals surface area contributed by atoms with Gasteiger partial charge in [-0.15, -0.1) is 0 Å². The van der Waals surface area contributed by atoms with Crippen molar-refractivity contribution in [3.05, 3.63) is 71.6 Å². The second-order valence-electron chi connectivity index (χ2n) is 4.98. The van der Waals surface area contributed by atoms with Crippen LogP contribution in [0.1, 0.15) is 20.7 Å². The van der Waals surface area contributed by atoms with Crippen molar-refractivity contribution in [2.75, 3.05) is 5.32 Å². The second-order valence-corrected chi connectivity index (χ2v) is 4.98. The molecule has 5 nitrogen and oxygen atoms in total. The van der Waals surface area contributed by atoms with E-state index in [1.54, 1.807) is 30.5 Å². The number of carbonyl (C=O) groups excluding carboxylic acids is 2. The highest BCUT2D eigenvalue weighted by atomic mass is 16.2. The van der Waals surface area contributed by atoms with E-state index in [1.807, 2.05) is 24.3 Å². The predicted molar refractivity (Wildman–Crippen MR) is 83.2 cm³/mol. The Kier molecular flexibility index (Phi) is 2.66. The molecular weight excluding hydrogens is 278 g/mol. The number of allylic oxidation sites excluding steroid dienone is 1. The van der Waals surface area contributed by atoms with Crippen molar-refractivity contribution in [2.24, 2.45) is 4.99 Å². The highest BCUT2D eigenvalue weighted by Crippen LogP contribution is 2.29. The number of carbonyl (C=O) groups is 2. The van der Waals surface area contributed by atoms with Gasteiger partial charge in [-0.05, 0) is 24.3 Å². The van der Waals surface area contributed by atoms with Crippen LogP contribution >= 0.6 is 0 Å². The molecule has 2 heterocycles. The molecule has 5 heteroatoms. The van der Waals surface area contributed by atoms with Crippen LogP contribution in [0.4, 0.5) is 11.4 Å². The van der Waals surface area contributed by atoms with E-state index in [0.717, 1.165) is 16.3 Å². The van der Waals surface area contributed by atoms with E-state index in [2.05, 4.69) is 10.3 Å². The number of nitrogens with zero attached hydrogens (tertiary/aromatic N) is 2. The molecule has 0 aromatic heterocycles. The minimum atomic E-state index is -0.328. The van der Waals surface area contributed by atoms with Crippen molar-refractivity contribution >= 4 is 29.4 Å². The molecule has 2 aliphatic heterocycles. The second kappa shape index (κ2) is 4.66. The molecule has 4 rings (SSSR count). The summed E-state index contributed by atoms with van der Waals surface area (Å²) in [6.07, 6.45) is 3.15. The van der Waals surface area contributed by atoms with Gasteiger partial charge in [-0.2, -0.15) is 0 Å². The van der Waals surface area contributed by atoms with Crippen molar-refractivity contribution in [3.8, 4) is 0 Å². The number of amides is 2. The van der Waals surface area contributed by atoms with Crippen LogP contribution in [-0.4, -0.2) is 22.9 Å². The van der Waals surface area contributed by atoms with E-state index in [0.29, 0.717) is 16.8 Å². The third kappa shape index (κ3) is 1.76. The molecule has 22 heavy (non-hydrogen) atoms. The summed E-state index contributed by atoms with van der Waals surface area (Å²) in [5.41, 5.74) is 2.84. The van der Waals surface area contributed by atoms with E-state index >= 15 is 0 Å². The quantitative estimate of drug-likeness (QED) is 0.821. The third-order valence-corrected chi connectivity index (χ3v) is 3.67. The van der Waals surface area contributed by atoms with Crippen molar-refractivity contribution in [3.63, 3.8) is 0 Å². The lowest BCUT2D eigenvalue weighted by atomic mass is 10.1. The maximum absolute atomic E-state index is 12.5. The van der Waals surface area contributed by atoms with Crippen LogP contribution in [0.3, 0.4) is 0 Å². The van der Waals surface area contributed by atoms with Gasteiger partial charge in [0.1, 0.15) is 0 Å². The summed E-state index contributed by atoms with van der Waals surface area (Å²) in [5, 5.41) is 3.09. The van der Waals surface area contributed by atoms with Crippen molar-refractivity contribution in [2.45, 2.75) is 0 Å². The molecule has 0 bridgehead atoms. The first-order valence-corrected chi connectivity index (χ1v) is 6.83. The molecule has 2 aromatic rings. The first kappa shape index (κ1) is 12.5. The third-order valence-electron chi connectivity index (χ3n) is 3.67. The molecule has 0 aliphatic carbocycles. The highest BCUT2D eigenvalue weighted by molar-refractivity contribution is 6.24. The molecule has 0 radical (unpaired) electrons. The number of nitrogens with one attached hydrogen (secondary N) is 1. The van der Waals surface area contributed by atoms with E-state index in [1.165, 1.54) is 6.21 Å². The monoisotopic (exact) mass is 289 g/mol. The predicted octanol–water partition coefficient (Wildman–Crippen LogP) is 2.95. The Morgan fingerprint density at radius 3 is 2.23 bits per heavy atom. The van der Waals surface area contributed by atoms with Gasteiger partial charge in [0.2, 0.25) is 0 Å². The van der Waals surface area contributed by atoms with Crippen LogP contribution < -0.4 is 5.32 Å². The number of benzene rings is 2. The van der Waals surface area contributed by atoms with Gasteiger partial charge in [0.05, 0.1) is 34.4 Å². The summed E-state index contributed by atoms with van der Waals surface area (Å²) in [6.45, 7) is 0. The number of fused-ring (bicyclic) bond motifs is 2. The Morgan fingerprint density at radius 2 is 1.50 bits per heavy atom. The minimum absolute atomic E-state index is 0.328. The number of hydrogen-bond donors (Lipinski definition) is 1. The van der Waals surface area contributed by atoms with Crippen molar-refractivity contribution in [1.29, 1.82) is 0 Å². The maximum Gasteiger partial charge on any atom is 0.266 e. The Bertz CT molecular complexity index is 833. The number of hydrogen-bond acceptors (Lipinski definition) is 4. The molecule has 0 fully saturated rings. The summed E-state index contributed by atoms with van der Waals surface area (Å²) in [6, 6.07) is 14.3. The first-order valence-electron chi connectivity index (χ1n) is 6.83. The van der Waals surface area contributed by atoms with Crippen LogP contribution in [0.5, 0.6) is 0 Å². The largest absolute Gasteiger partial charge is 0.358 e. The van der Waals surface area contributed by atoms with Crippen LogP contribution in [0.2, 0.25) is 0 Å². The summed E-state index contributed by atoms with van der Waals surface area (Å²) >= 11 is 0. The topological polar surface area (TPSA) is 61.8 Å². The minimum Gasteiger partial charge on any atom is -0.358 e. The molecule has 0 atom stereocenters. The fourth-order valence-electron chi connectivity index (χ4n) is 2.58. The van der Waals surface area contributed by atoms with E-state index in [4.69, 9.17) is 0 Å². The smallest absolute Gasteiger partial charge is 0.266 e. The average molecular weight is 289 g/mol. The molecule has 106 valence electrons. The van der Waals surface area contributed by atoms with Crippen molar-refractivity contribution < 1.29 is 9.59 Å². The van der Waals surface area contributed by atoms with Crippen LogP contribution in [0.25, 0.3) is 0 Å². The van der Waals surface area contributed by atoms with Crippen molar-refractivity contribution in [1.82, 2.24) is 4.90 Å². The highest BCUT2D eigenvalue weighted by Gasteiger charge is 2.37. The first-order chi connectivity index (χ1) is 10.8. The number of imide groups is 1. The van der Waals surface area contributed by atoms with E-state index in [-0.39, 0.29) is 11.8 Å². The summed E-state index contributed by atoms with van der Waals surface area (Å²) in [4.78, 5) is 30.4. The fraction of sp³-hybridized carbons (Fsp3) is 0. The Balaban J connectivity index is 1.75. The summed E-state index contributed by atoms with van der Waals surface area (Å²) in [5.74, 6) is -0.655. The molecule has 1 N–H and O–H groups in total. The molecule has 0 saturated heterocycles. The SMILES string of the molecule is O=C1c2ccccc2C(=O)N1C1=CNc2ccccc2N=C1. The number of para-hydroxylation sites is 2. The van der Waals surface area contributed by atoms with Gasteiger partial charge in [-0.1, -0.05) is 24.3 Å². The number of anilines is 1. The van der Waals surface area contributed by atoms with Crippen LogP contribution in [0.15, 0.2) is 65.4 Å². The summed E-state index contributed by atoms with van der Waals surface area (Å²) < 4.78 is 0. The maximum atomic E-state index is 12.5. The zero-order valence-corrected chi connectivity index (χ0v) is 11.5. The lowest BCUT2D eigenvalue weighted by Crippen LogP contribution is -2.30. The standard InChI is InChI=1S/C17H11N3O2/c21-16-12-5-1-2-6-13(12)17(22)20(16)11-9-18-14-7-3-4-8-15(14)19-10-11/h1-10,18H. The average Bonchev–Trinajstić information content (AvgIpc) is 2.71. The van der Waals surface area contributed by atoms with Gasteiger partial charge >= 0.3 is 0 Å². The van der Waals surface area contributed by atoms with E-state index in [9.17, 15) is 9.59 Å². The van der Waals surface area contributed by atoms with Crippen LogP contribution in [0, 0.1) is 0 Å². The van der Waals surface area contributed by atoms with Gasteiger partial charge in [0, 0.05) is 6.20 Å². The zero-order valence-electron chi connectivity index (χ0n) is 11.5. The van der Waals surface area contributed by atoms with Gasteiger partial charge in [0.25, 0.3) is 11.8 Å². The fourth-order valence-corrected chi connectivity index (χ4v) is 2.58. The molecule has 2 aliphatic rings. The molecule has 0 saturated carbocycles. The van der Waals surface area contributed by atoms with Gasteiger partial charge in [-0.25, -0.2) is 4.90 Å². The number of rotatable bonds is 1. The lowest BCUT2D eigenvalue weighted by molar-refractivity contribution is 0.0713. The Hall–Kier alpha value is -3.21. The Morgan fingerprint density at radius 1 is 0.864 bits per heavy atom. The normalized spacial score (nSPS) is 15.8. The van der Waals surface area contributed by atoms with Gasteiger partial charge in [-0.3, -0.25) is 14.6 Å². The zero-order chi connectivity index (χ0) is 15.1. The molecular formula is C17H11N3O2. The molecule has 0 spiro atoms. The molecule has 2 amide bonds. The van der Waals surface area contributed by atoms with E-state index < -0.39 is 0 Å². The molecule has 0 unspecified atom stereocenters. The van der Waals surface area contributed by atoms with Crippen LogP contribution in [-0.2, 0) is 0 Å². The summed E-state index contributed by atoms with van der Waals surface area (Å²) in [7, 11) is 0.